The third-order valence-corrected chi connectivity index (χ3v) is 3.34. The van der Waals surface area contributed by atoms with E-state index >= 15 is 0 Å². The van der Waals surface area contributed by atoms with Gasteiger partial charge in [-0.05, 0) is 31.4 Å². The fourth-order valence-corrected chi connectivity index (χ4v) is 2.07. The number of carboxylic acids is 1. The van der Waals surface area contributed by atoms with Crippen molar-refractivity contribution < 1.29 is 19.4 Å². The van der Waals surface area contributed by atoms with Crippen molar-refractivity contribution in [1.82, 2.24) is 5.32 Å². The molecule has 1 amide bonds. The minimum atomic E-state index is -1.03. The molecule has 128 valence electrons. The van der Waals surface area contributed by atoms with Gasteiger partial charge in [0.25, 0.3) is 5.91 Å². The number of carboxylic acid groups (broad SMARTS) is 1. The van der Waals surface area contributed by atoms with Crippen LogP contribution in [-0.4, -0.2) is 43.2 Å². The highest BCUT2D eigenvalue weighted by atomic mass is 16.5. The third-order valence-electron chi connectivity index (χ3n) is 3.34. The molecule has 0 saturated carbocycles. The van der Waals surface area contributed by atoms with Crippen molar-refractivity contribution in [2.45, 2.75) is 39.3 Å². The van der Waals surface area contributed by atoms with Gasteiger partial charge in [-0.1, -0.05) is 19.9 Å². The number of benzene rings is 1. The van der Waals surface area contributed by atoms with E-state index in [0.717, 1.165) is 5.69 Å². The second-order valence-electron chi connectivity index (χ2n) is 6.18. The zero-order chi connectivity index (χ0) is 17.6. The minimum Gasteiger partial charge on any atom is -0.481 e. The highest BCUT2D eigenvalue weighted by Gasteiger charge is 2.24. The molecule has 0 heterocycles. The summed E-state index contributed by atoms with van der Waals surface area (Å²) in [4.78, 5) is 25.3. The number of carbonyl (C=O) groups excluding carboxylic acids is 1. The summed E-state index contributed by atoms with van der Waals surface area (Å²) in [5.74, 6) is -0.735. The molecule has 2 unspecified atom stereocenters. The monoisotopic (exact) mass is 322 g/mol. The van der Waals surface area contributed by atoms with Crippen LogP contribution in [0.4, 0.5) is 5.69 Å². The molecule has 0 aliphatic carbocycles. The van der Waals surface area contributed by atoms with Crippen LogP contribution in [0.25, 0.3) is 0 Å². The molecule has 0 aliphatic heterocycles. The van der Waals surface area contributed by atoms with Gasteiger partial charge in [0.15, 0.2) is 6.10 Å². The summed E-state index contributed by atoms with van der Waals surface area (Å²) in [5.41, 5.74) is 0.957. The lowest BCUT2D eigenvalue weighted by atomic mass is 10.0. The second kappa shape index (κ2) is 8.41. The van der Waals surface area contributed by atoms with Crippen LogP contribution in [-0.2, 0) is 9.59 Å². The van der Waals surface area contributed by atoms with Crippen molar-refractivity contribution in [3.63, 3.8) is 0 Å². The van der Waals surface area contributed by atoms with Crippen LogP contribution in [0.15, 0.2) is 24.3 Å². The van der Waals surface area contributed by atoms with Gasteiger partial charge in [0.05, 0.1) is 0 Å². The van der Waals surface area contributed by atoms with Gasteiger partial charge in [-0.15, -0.1) is 0 Å². The number of amides is 1. The molecule has 0 aromatic heterocycles. The summed E-state index contributed by atoms with van der Waals surface area (Å²) >= 11 is 0. The van der Waals surface area contributed by atoms with Crippen LogP contribution >= 0.6 is 0 Å². The van der Waals surface area contributed by atoms with Crippen molar-refractivity contribution >= 4 is 17.6 Å². The van der Waals surface area contributed by atoms with Crippen molar-refractivity contribution in [2.24, 2.45) is 5.92 Å². The lowest BCUT2D eigenvalue weighted by Crippen LogP contribution is -2.46. The standard InChI is InChI=1S/C17H26N2O4/c1-11(2)9-15(17(21)22)18-16(20)12(3)23-14-8-6-7-13(10-14)19(4)5/h6-8,10-12,15H,9H2,1-5H3,(H,18,20)(H,21,22). The van der Waals surface area contributed by atoms with Crippen molar-refractivity contribution in [3.8, 4) is 5.75 Å². The first-order chi connectivity index (χ1) is 10.7. The van der Waals surface area contributed by atoms with Gasteiger partial charge in [0, 0.05) is 25.8 Å². The molecule has 0 bridgehead atoms. The molecule has 0 fully saturated rings. The number of hydrogen-bond acceptors (Lipinski definition) is 4. The van der Waals surface area contributed by atoms with E-state index in [9.17, 15) is 14.7 Å². The SMILES string of the molecule is CC(C)CC(NC(=O)C(C)Oc1cccc(N(C)C)c1)C(=O)O. The Kier molecular flexibility index (Phi) is 6.88. The summed E-state index contributed by atoms with van der Waals surface area (Å²) in [6, 6.07) is 6.46. The molecule has 0 spiro atoms. The Morgan fingerprint density at radius 3 is 2.43 bits per heavy atom. The summed E-state index contributed by atoms with van der Waals surface area (Å²) in [5, 5.41) is 11.7. The van der Waals surface area contributed by atoms with E-state index in [2.05, 4.69) is 5.32 Å². The molecule has 2 atom stereocenters. The Morgan fingerprint density at radius 1 is 1.26 bits per heavy atom. The molecule has 6 heteroatoms. The van der Waals surface area contributed by atoms with Crippen LogP contribution < -0.4 is 15.0 Å². The van der Waals surface area contributed by atoms with Crippen LogP contribution in [0, 0.1) is 5.92 Å². The number of carbonyl (C=O) groups is 2. The summed E-state index contributed by atoms with van der Waals surface area (Å²) < 4.78 is 5.62. The van der Waals surface area contributed by atoms with Gasteiger partial charge in [-0.3, -0.25) is 4.79 Å². The summed E-state index contributed by atoms with van der Waals surface area (Å²) in [7, 11) is 3.83. The first kappa shape index (κ1) is 18.8. The van der Waals surface area contributed by atoms with E-state index in [1.807, 2.05) is 51.0 Å². The molecule has 1 aromatic carbocycles. The normalized spacial score (nSPS) is 13.3. The largest absolute Gasteiger partial charge is 0.481 e. The maximum atomic E-state index is 12.2. The molecule has 2 N–H and O–H groups in total. The van der Waals surface area contributed by atoms with Gasteiger partial charge in [0.1, 0.15) is 11.8 Å². The zero-order valence-corrected chi connectivity index (χ0v) is 14.4. The minimum absolute atomic E-state index is 0.171. The summed E-state index contributed by atoms with van der Waals surface area (Å²) in [6.45, 7) is 5.43. The topological polar surface area (TPSA) is 78.9 Å². The maximum absolute atomic E-state index is 12.2. The van der Waals surface area contributed by atoms with Gasteiger partial charge in [0.2, 0.25) is 0 Å². The number of nitrogens with zero attached hydrogens (tertiary/aromatic N) is 1. The molecule has 1 aromatic rings. The number of aliphatic carboxylic acids is 1. The van der Waals surface area contributed by atoms with E-state index < -0.39 is 24.0 Å². The number of anilines is 1. The Hall–Kier alpha value is -2.24. The van der Waals surface area contributed by atoms with Crippen LogP contribution in [0.2, 0.25) is 0 Å². The highest BCUT2D eigenvalue weighted by Crippen LogP contribution is 2.20. The zero-order valence-electron chi connectivity index (χ0n) is 14.4. The van der Waals surface area contributed by atoms with E-state index in [-0.39, 0.29) is 5.92 Å². The van der Waals surface area contributed by atoms with Crippen molar-refractivity contribution in [3.05, 3.63) is 24.3 Å². The maximum Gasteiger partial charge on any atom is 0.326 e. The van der Waals surface area contributed by atoms with Crippen LogP contribution in [0.5, 0.6) is 5.75 Å². The van der Waals surface area contributed by atoms with Gasteiger partial charge in [-0.2, -0.15) is 0 Å². The van der Waals surface area contributed by atoms with Crippen molar-refractivity contribution in [2.75, 3.05) is 19.0 Å². The third kappa shape index (κ3) is 6.18. The number of rotatable bonds is 8. The molecular formula is C17H26N2O4. The predicted octanol–water partition coefficient (Wildman–Crippen LogP) is 2.14. The molecule has 0 radical (unpaired) electrons. The van der Waals surface area contributed by atoms with Gasteiger partial charge >= 0.3 is 5.97 Å². The fourth-order valence-electron chi connectivity index (χ4n) is 2.07. The Balaban J connectivity index is 2.69. The molecule has 0 saturated heterocycles. The van der Waals surface area contributed by atoms with E-state index in [4.69, 9.17) is 4.74 Å². The molecule has 6 nitrogen and oxygen atoms in total. The van der Waals surface area contributed by atoms with E-state index in [1.165, 1.54) is 0 Å². The highest BCUT2D eigenvalue weighted by molar-refractivity contribution is 5.86. The quantitative estimate of drug-likeness (QED) is 0.766. The smallest absolute Gasteiger partial charge is 0.326 e. The average molecular weight is 322 g/mol. The number of nitrogens with one attached hydrogen (secondary N) is 1. The fraction of sp³-hybridized carbons (Fsp3) is 0.529. The lowest BCUT2D eigenvalue weighted by Gasteiger charge is -2.20. The molecule has 1 rings (SSSR count). The number of hydrogen-bond donors (Lipinski definition) is 2. The Labute approximate surface area is 137 Å². The van der Waals surface area contributed by atoms with E-state index in [0.29, 0.717) is 12.2 Å². The molecule has 0 aliphatic rings. The molecular weight excluding hydrogens is 296 g/mol. The average Bonchev–Trinajstić information content (AvgIpc) is 2.46. The predicted molar refractivity (Wildman–Crippen MR) is 89.9 cm³/mol. The first-order valence-electron chi connectivity index (χ1n) is 7.68. The van der Waals surface area contributed by atoms with Crippen LogP contribution in [0.1, 0.15) is 27.2 Å². The van der Waals surface area contributed by atoms with Gasteiger partial charge in [-0.25, -0.2) is 4.79 Å². The first-order valence-corrected chi connectivity index (χ1v) is 7.68. The lowest BCUT2D eigenvalue weighted by molar-refractivity contribution is -0.143. The second-order valence-corrected chi connectivity index (χ2v) is 6.18. The van der Waals surface area contributed by atoms with Crippen molar-refractivity contribution in [1.29, 1.82) is 0 Å². The Bertz CT molecular complexity index is 543. The Morgan fingerprint density at radius 2 is 1.91 bits per heavy atom. The van der Waals surface area contributed by atoms with Crippen LogP contribution in [0.3, 0.4) is 0 Å². The summed E-state index contributed by atoms with van der Waals surface area (Å²) in [6.07, 6.45) is -0.398. The number of ether oxygens (including phenoxy) is 1. The van der Waals surface area contributed by atoms with Gasteiger partial charge < -0.3 is 20.1 Å². The van der Waals surface area contributed by atoms with E-state index in [1.54, 1.807) is 13.0 Å². The molecule has 23 heavy (non-hydrogen) atoms.